The first-order valence-electron chi connectivity index (χ1n) is 11.6. The number of rotatable bonds is 10. The molecule has 2 aromatic rings. The summed E-state index contributed by atoms with van der Waals surface area (Å²) in [5.41, 5.74) is 1.12. The van der Waals surface area contributed by atoms with Gasteiger partial charge in [-0.05, 0) is 67.3 Å². The Balaban J connectivity index is 1.55. The van der Waals surface area contributed by atoms with Crippen LogP contribution in [-0.2, 0) is 14.6 Å². The average Bonchev–Trinajstić information content (AvgIpc) is 2.83. The van der Waals surface area contributed by atoms with Crippen LogP contribution in [0.25, 0.3) is 0 Å². The van der Waals surface area contributed by atoms with Crippen molar-refractivity contribution < 1.29 is 22.4 Å². The van der Waals surface area contributed by atoms with Gasteiger partial charge in [-0.25, -0.2) is 12.8 Å². The Labute approximate surface area is 200 Å². The largest absolute Gasteiger partial charge is 0.383 e. The first-order chi connectivity index (χ1) is 16.2. The predicted octanol–water partition coefficient (Wildman–Crippen LogP) is 3.38. The van der Waals surface area contributed by atoms with Crippen LogP contribution in [0.1, 0.15) is 42.5 Å². The van der Waals surface area contributed by atoms with E-state index in [1.807, 2.05) is 0 Å². The van der Waals surface area contributed by atoms with E-state index in [0.717, 1.165) is 44.0 Å². The van der Waals surface area contributed by atoms with E-state index in [-0.39, 0.29) is 40.9 Å². The van der Waals surface area contributed by atoms with Crippen LogP contribution < -0.4 is 16.0 Å². The molecule has 7 nitrogen and oxygen atoms in total. The second-order valence-corrected chi connectivity index (χ2v) is 10.8. The molecule has 34 heavy (non-hydrogen) atoms. The van der Waals surface area contributed by atoms with Crippen LogP contribution >= 0.6 is 0 Å². The third-order valence-electron chi connectivity index (χ3n) is 6.18. The molecular weight excluding hydrogens is 457 g/mol. The lowest BCUT2D eigenvalue weighted by Gasteiger charge is -2.29. The molecular formula is C25H32FN3O4S. The molecule has 1 aliphatic carbocycles. The monoisotopic (exact) mass is 489 g/mol. The normalized spacial score (nSPS) is 15.4. The smallest absolute Gasteiger partial charge is 0.251 e. The van der Waals surface area contributed by atoms with E-state index in [0.29, 0.717) is 18.7 Å². The number of hydrogen-bond acceptors (Lipinski definition) is 5. The lowest BCUT2D eigenvalue weighted by atomic mass is 9.79. The van der Waals surface area contributed by atoms with Crippen molar-refractivity contribution in [3.63, 3.8) is 0 Å². The summed E-state index contributed by atoms with van der Waals surface area (Å²) in [6, 6.07) is 11.8. The number of carbonyl (C=O) groups excluding carboxylic acids is 2. The van der Waals surface area contributed by atoms with Crippen LogP contribution in [0.2, 0.25) is 0 Å². The van der Waals surface area contributed by atoms with Crippen molar-refractivity contribution in [3.05, 3.63) is 59.9 Å². The van der Waals surface area contributed by atoms with Gasteiger partial charge < -0.3 is 16.0 Å². The Morgan fingerprint density at radius 2 is 1.59 bits per heavy atom. The van der Waals surface area contributed by atoms with Gasteiger partial charge in [0.05, 0.1) is 10.8 Å². The second-order valence-electron chi connectivity index (χ2n) is 8.74. The van der Waals surface area contributed by atoms with Gasteiger partial charge in [-0.2, -0.15) is 0 Å². The summed E-state index contributed by atoms with van der Waals surface area (Å²) in [6.45, 7) is 1.11. The third-order valence-corrected chi connectivity index (χ3v) is 7.31. The summed E-state index contributed by atoms with van der Waals surface area (Å²) in [7, 11) is -3.33. The number of amides is 2. The lowest BCUT2D eigenvalue weighted by molar-refractivity contribution is -0.126. The fraction of sp³-hybridized carbons (Fsp3) is 0.440. The minimum Gasteiger partial charge on any atom is -0.383 e. The van der Waals surface area contributed by atoms with Gasteiger partial charge in [0, 0.05) is 37.1 Å². The second kappa shape index (κ2) is 12.0. The summed E-state index contributed by atoms with van der Waals surface area (Å²) in [5.74, 6) is -0.883. The van der Waals surface area contributed by atoms with Crippen molar-refractivity contribution in [1.82, 2.24) is 10.6 Å². The van der Waals surface area contributed by atoms with Crippen molar-refractivity contribution in [2.75, 3.05) is 31.2 Å². The number of hydrogen-bond donors (Lipinski definition) is 3. The Bertz CT molecular complexity index is 1070. The summed E-state index contributed by atoms with van der Waals surface area (Å²) < 4.78 is 36.2. The first-order valence-corrected chi connectivity index (χ1v) is 13.5. The highest BCUT2D eigenvalue weighted by molar-refractivity contribution is 7.90. The molecule has 0 bridgehead atoms. The number of halogens is 1. The van der Waals surface area contributed by atoms with Gasteiger partial charge in [-0.15, -0.1) is 0 Å². The van der Waals surface area contributed by atoms with Crippen LogP contribution in [0.3, 0.4) is 0 Å². The number of carbonyl (C=O) groups is 2. The van der Waals surface area contributed by atoms with Crippen molar-refractivity contribution in [3.8, 4) is 0 Å². The molecule has 9 heteroatoms. The Hall–Kier alpha value is -2.94. The van der Waals surface area contributed by atoms with Crippen molar-refractivity contribution in [2.45, 2.75) is 37.0 Å². The fourth-order valence-corrected chi connectivity index (χ4v) is 4.89. The zero-order valence-corrected chi connectivity index (χ0v) is 20.2. The highest BCUT2D eigenvalue weighted by atomic mass is 32.2. The standard InChI is InChI=1S/C25H32FN3O4S/c1-34(32,33)22-13-7-19(8-14-22)24(30)29-17-23(18-5-3-2-4-6-18)25(31)28-16-15-27-21-11-9-20(26)10-12-21/h7-14,18,23,27H,2-6,15-17H2,1H3,(H,28,31)(H,29,30). The minimum absolute atomic E-state index is 0.0967. The summed E-state index contributed by atoms with van der Waals surface area (Å²) in [6.07, 6.45) is 6.31. The third kappa shape index (κ3) is 7.55. The first kappa shape index (κ1) is 25.7. The summed E-state index contributed by atoms with van der Waals surface area (Å²) in [5, 5.41) is 8.95. The molecule has 0 spiro atoms. The zero-order chi connectivity index (χ0) is 24.6. The fourth-order valence-electron chi connectivity index (χ4n) is 4.26. The molecule has 3 rings (SSSR count). The van der Waals surface area contributed by atoms with Gasteiger partial charge in [0.25, 0.3) is 5.91 Å². The molecule has 1 aliphatic rings. The number of sulfone groups is 1. The van der Waals surface area contributed by atoms with E-state index >= 15 is 0 Å². The number of benzene rings is 2. The molecule has 1 unspecified atom stereocenters. The molecule has 0 heterocycles. The van der Waals surface area contributed by atoms with E-state index < -0.39 is 9.84 Å². The molecule has 184 valence electrons. The van der Waals surface area contributed by atoms with Gasteiger partial charge in [0.1, 0.15) is 5.82 Å². The maximum atomic E-state index is 13.0. The molecule has 0 aromatic heterocycles. The van der Waals surface area contributed by atoms with E-state index in [4.69, 9.17) is 0 Å². The summed E-state index contributed by atoms with van der Waals surface area (Å²) >= 11 is 0. The molecule has 2 amide bonds. The molecule has 3 N–H and O–H groups in total. The summed E-state index contributed by atoms with van der Waals surface area (Å²) in [4.78, 5) is 25.8. The molecule has 0 saturated heterocycles. The maximum Gasteiger partial charge on any atom is 0.251 e. The quantitative estimate of drug-likeness (QED) is 0.444. The number of anilines is 1. The Kier molecular flexibility index (Phi) is 9.04. The Morgan fingerprint density at radius 1 is 0.941 bits per heavy atom. The van der Waals surface area contributed by atoms with Gasteiger partial charge >= 0.3 is 0 Å². The zero-order valence-electron chi connectivity index (χ0n) is 19.3. The molecule has 1 fully saturated rings. The highest BCUT2D eigenvalue weighted by Crippen LogP contribution is 2.30. The van der Waals surface area contributed by atoms with E-state index in [2.05, 4.69) is 16.0 Å². The predicted molar refractivity (Wildman–Crippen MR) is 130 cm³/mol. The molecule has 1 saturated carbocycles. The van der Waals surface area contributed by atoms with E-state index in [9.17, 15) is 22.4 Å². The van der Waals surface area contributed by atoms with Crippen molar-refractivity contribution in [1.29, 1.82) is 0 Å². The van der Waals surface area contributed by atoms with Gasteiger partial charge in [0.2, 0.25) is 5.91 Å². The van der Waals surface area contributed by atoms with Crippen LogP contribution in [0.4, 0.5) is 10.1 Å². The van der Waals surface area contributed by atoms with Crippen molar-refractivity contribution in [2.24, 2.45) is 11.8 Å². The van der Waals surface area contributed by atoms with Gasteiger partial charge in [-0.3, -0.25) is 9.59 Å². The topological polar surface area (TPSA) is 104 Å². The average molecular weight is 490 g/mol. The van der Waals surface area contributed by atoms with E-state index in [1.54, 1.807) is 12.1 Å². The van der Waals surface area contributed by atoms with E-state index in [1.165, 1.54) is 36.4 Å². The van der Waals surface area contributed by atoms with Crippen LogP contribution in [0.5, 0.6) is 0 Å². The van der Waals surface area contributed by atoms with Gasteiger partial charge in [0.15, 0.2) is 9.84 Å². The SMILES string of the molecule is CS(=O)(=O)c1ccc(C(=O)NCC(C(=O)NCCNc2ccc(F)cc2)C2CCCCC2)cc1. The molecule has 2 aromatic carbocycles. The lowest BCUT2D eigenvalue weighted by Crippen LogP contribution is -2.44. The Morgan fingerprint density at radius 3 is 2.21 bits per heavy atom. The van der Waals surface area contributed by atoms with Crippen LogP contribution in [0.15, 0.2) is 53.4 Å². The minimum atomic E-state index is -3.33. The van der Waals surface area contributed by atoms with Crippen molar-refractivity contribution >= 4 is 27.3 Å². The van der Waals surface area contributed by atoms with Crippen LogP contribution in [0, 0.1) is 17.7 Å². The van der Waals surface area contributed by atoms with Gasteiger partial charge in [-0.1, -0.05) is 19.3 Å². The number of nitrogens with one attached hydrogen (secondary N) is 3. The molecule has 0 radical (unpaired) electrons. The molecule has 0 aliphatic heterocycles. The highest BCUT2D eigenvalue weighted by Gasteiger charge is 2.29. The van der Waals surface area contributed by atoms with Crippen LogP contribution in [-0.4, -0.2) is 46.1 Å². The maximum absolute atomic E-state index is 13.0. The molecule has 1 atom stereocenters.